The summed E-state index contributed by atoms with van der Waals surface area (Å²) in [5, 5.41) is 22.6. The predicted molar refractivity (Wildman–Crippen MR) is 131 cm³/mol. The number of hydrogen-bond acceptors (Lipinski definition) is 8. The second-order valence-electron chi connectivity index (χ2n) is 8.48. The number of nitrogens with zero attached hydrogens (tertiary/aromatic N) is 3. The zero-order valence-corrected chi connectivity index (χ0v) is 20.3. The van der Waals surface area contributed by atoms with Gasteiger partial charge in [0.05, 0.1) is 23.1 Å². The average Bonchev–Trinajstić information content (AvgIpc) is 3.32. The molecule has 1 fully saturated rings. The average molecular weight is 504 g/mol. The van der Waals surface area contributed by atoms with Crippen LogP contribution in [0.5, 0.6) is 0 Å². The number of carbonyl (C=O) groups excluding carboxylic acids is 3. The number of nitro benzene ring substituents is 1. The molecule has 37 heavy (non-hydrogen) atoms. The Morgan fingerprint density at radius 2 is 1.92 bits per heavy atom. The second kappa shape index (κ2) is 10.1. The minimum Gasteiger partial charge on any atom is -0.507 e. The van der Waals surface area contributed by atoms with Crippen molar-refractivity contribution in [2.45, 2.75) is 33.4 Å². The highest BCUT2D eigenvalue weighted by molar-refractivity contribution is 6.46. The number of likely N-dealkylation sites (tertiary alicyclic amines) is 1. The fourth-order valence-electron chi connectivity index (χ4n) is 4.50. The summed E-state index contributed by atoms with van der Waals surface area (Å²) in [5.74, 6) is -2.84. The fraction of sp³-hybridized carbons (Fsp3) is 0.231. The maximum atomic E-state index is 13.3. The molecule has 0 aliphatic carbocycles. The number of pyridine rings is 1. The number of nitrogens with one attached hydrogen (secondary N) is 1. The first-order chi connectivity index (χ1) is 17.6. The quantitative estimate of drug-likeness (QED) is 0.123. The van der Waals surface area contributed by atoms with Crippen molar-refractivity contribution in [1.82, 2.24) is 14.9 Å². The number of Topliss-reactive ketones (excluding diaryl/α,β-unsaturated/α-hetero) is 1. The SMILES string of the molecule is CCOC(=O)c1[nH]c(C)c(C(O)=C2C(=O)C(=O)N(Cc3cccnc3)[C@@H]2c2ccc([N+](=O)[O-])cc2)c1C. The Labute approximate surface area is 211 Å². The number of aryl methyl sites for hydroxylation is 1. The van der Waals surface area contributed by atoms with Crippen molar-refractivity contribution in [2.24, 2.45) is 0 Å². The van der Waals surface area contributed by atoms with Gasteiger partial charge in [-0.15, -0.1) is 0 Å². The minimum absolute atomic E-state index is 0.00995. The minimum atomic E-state index is -1.04. The van der Waals surface area contributed by atoms with Gasteiger partial charge < -0.3 is 19.7 Å². The smallest absolute Gasteiger partial charge is 0.355 e. The molecule has 2 N–H and O–H groups in total. The number of carbonyl (C=O) groups is 3. The number of H-pyrrole nitrogens is 1. The molecule has 11 heteroatoms. The lowest BCUT2D eigenvalue weighted by molar-refractivity contribution is -0.384. The molecule has 1 aliphatic heterocycles. The lowest BCUT2D eigenvalue weighted by Gasteiger charge is -2.25. The second-order valence-corrected chi connectivity index (χ2v) is 8.48. The van der Waals surface area contributed by atoms with E-state index in [1.54, 1.807) is 45.3 Å². The molecule has 1 aliphatic rings. The van der Waals surface area contributed by atoms with Gasteiger partial charge in [-0.05, 0) is 55.7 Å². The van der Waals surface area contributed by atoms with E-state index in [1.165, 1.54) is 29.2 Å². The van der Waals surface area contributed by atoms with Crippen molar-refractivity contribution in [2.75, 3.05) is 6.61 Å². The lowest BCUT2D eigenvalue weighted by atomic mass is 9.94. The Morgan fingerprint density at radius 3 is 2.51 bits per heavy atom. The Morgan fingerprint density at radius 1 is 1.22 bits per heavy atom. The number of hydrogen-bond donors (Lipinski definition) is 2. The van der Waals surface area contributed by atoms with Gasteiger partial charge >= 0.3 is 5.97 Å². The molecular weight excluding hydrogens is 480 g/mol. The van der Waals surface area contributed by atoms with Gasteiger partial charge in [0.25, 0.3) is 17.4 Å². The summed E-state index contributed by atoms with van der Waals surface area (Å²) in [7, 11) is 0. The molecule has 3 heterocycles. The number of benzene rings is 1. The third-order valence-corrected chi connectivity index (χ3v) is 6.19. The van der Waals surface area contributed by atoms with Crippen molar-refractivity contribution in [3.63, 3.8) is 0 Å². The zero-order chi connectivity index (χ0) is 26.9. The van der Waals surface area contributed by atoms with Crippen molar-refractivity contribution in [3.05, 3.63) is 98.1 Å². The molecule has 0 bridgehead atoms. The standard InChI is InChI=1S/C26H24N4O7/c1-4-37-26(34)21-14(2)19(15(3)28-21)23(31)20-22(17-7-9-18(10-8-17)30(35)36)29(25(33)24(20)32)13-16-6-5-11-27-12-16/h5-12,22,28,31H,4,13H2,1-3H3/t22-/m1/s1. The number of aliphatic hydroxyl groups excluding tert-OH is 1. The number of aromatic nitrogens is 2. The summed E-state index contributed by atoms with van der Waals surface area (Å²) in [6.07, 6.45) is 3.13. The van der Waals surface area contributed by atoms with Crippen molar-refractivity contribution >= 4 is 29.1 Å². The van der Waals surface area contributed by atoms with E-state index in [9.17, 15) is 29.6 Å². The first kappa shape index (κ1) is 25.3. The summed E-state index contributed by atoms with van der Waals surface area (Å²) in [6, 6.07) is 7.82. The summed E-state index contributed by atoms with van der Waals surface area (Å²) in [6.45, 7) is 5.04. The number of ketones is 1. The molecule has 4 rings (SSSR count). The van der Waals surface area contributed by atoms with Crippen LogP contribution in [0.3, 0.4) is 0 Å². The first-order valence-corrected chi connectivity index (χ1v) is 11.4. The molecule has 1 atom stereocenters. The molecule has 2 aromatic heterocycles. The molecular formula is C26H24N4O7. The summed E-state index contributed by atoms with van der Waals surface area (Å²) < 4.78 is 5.07. The van der Waals surface area contributed by atoms with E-state index >= 15 is 0 Å². The van der Waals surface area contributed by atoms with Crippen molar-refractivity contribution < 1.29 is 29.2 Å². The van der Waals surface area contributed by atoms with Crippen LogP contribution in [0.25, 0.3) is 5.76 Å². The maximum Gasteiger partial charge on any atom is 0.355 e. The van der Waals surface area contributed by atoms with Crippen LogP contribution >= 0.6 is 0 Å². The van der Waals surface area contributed by atoms with Crippen LogP contribution in [-0.2, 0) is 20.9 Å². The summed E-state index contributed by atoms with van der Waals surface area (Å²) in [5.41, 5.74) is 1.77. The molecule has 1 saturated heterocycles. The van der Waals surface area contributed by atoms with E-state index in [4.69, 9.17) is 4.74 Å². The number of nitro groups is 1. The molecule has 11 nitrogen and oxygen atoms in total. The van der Waals surface area contributed by atoms with Gasteiger partial charge in [-0.25, -0.2) is 4.79 Å². The van der Waals surface area contributed by atoms with Crippen LogP contribution in [0.2, 0.25) is 0 Å². The highest BCUT2D eigenvalue weighted by atomic mass is 16.6. The largest absolute Gasteiger partial charge is 0.507 e. The van der Waals surface area contributed by atoms with E-state index in [0.29, 0.717) is 22.4 Å². The van der Waals surface area contributed by atoms with Gasteiger partial charge in [0, 0.05) is 42.3 Å². The Kier molecular flexibility index (Phi) is 6.87. The lowest BCUT2D eigenvalue weighted by Crippen LogP contribution is -2.29. The molecule has 0 radical (unpaired) electrons. The van der Waals surface area contributed by atoms with Crippen LogP contribution in [-0.4, -0.2) is 49.2 Å². The van der Waals surface area contributed by atoms with Crippen LogP contribution in [0.15, 0.2) is 54.4 Å². The Balaban J connectivity index is 1.89. The van der Waals surface area contributed by atoms with Crippen molar-refractivity contribution in [3.8, 4) is 0 Å². The molecule has 0 unspecified atom stereocenters. The molecule has 1 amide bonds. The molecule has 1 aromatic carbocycles. The number of amides is 1. The molecule has 3 aromatic rings. The number of aliphatic hydroxyl groups is 1. The number of esters is 1. The van der Waals surface area contributed by atoms with E-state index < -0.39 is 34.4 Å². The van der Waals surface area contributed by atoms with Gasteiger partial charge in [0.15, 0.2) is 0 Å². The first-order valence-electron chi connectivity index (χ1n) is 11.4. The van der Waals surface area contributed by atoms with Crippen LogP contribution in [0.1, 0.15) is 51.4 Å². The highest BCUT2D eigenvalue weighted by Gasteiger charge is 2.46. The number of ether oxygens (including phenoxy) is 1. The van der Waals surface area contributed by atoms with Crippen molar-refractivity contribution in [1.29, 1.82) is 0 Å². The predicted octanol–water partition coefficient (Wildman–Crippen LogP) is 3.73. The van der Waals surface area contributed by atoms with E-state index in [2.05, 4.69) is 9.97 Å². The van der Waals surface area contributed by atoms with E-state index in [1.807, 2.05) is 0 Å². The number of rotatable bonds is 7. The summed E-state index contributed by atoms with van der Waals surface area (Å²) >= 11 is 0. The summed E-state index contributed by atoms with van der Waals surface area (Å²) in [4.78, 5) is 57.7. The topological polar surface area (TPSA) is 156 Å². The van der Waals surface area contributed by atoms with Gasteiger partial charge in [0.1, 0.15) is 11.5 Å². The van der Waals surface area contributed by atoms with Crippen LogP contribution in [0.4, 0.5) is 5.69 Å². The van der Waals surface area contributed by atoms with Gasteiger partial charge in [-0.1, -0.05) is 6.07 Å². The van der Waals surface area contributed by atoms with E-state index in [0.717, 1.165) is 0 Å². The van der Waals surface area contributed by atoms with Gasteiger partial charge in [-0.3, -0.25) is 24.7 Å². The molecule has 0 spiro atoms. The fourth-order valence-corrected chi connectivity index (χ4v) is 4.50. The Bertz CT molecular complexity index is 1430. The number of aromatic amines is 1. The van der Waals surface area contributed by atoms with Gasteiger partial charge in [-0.2, -0.15) is 0 Å². The third-order valence-electron chi connectivity index (χ3n) is 6.19. The third kappa shape index (κ3) is 4.58. The van der Waals surface area contributed by atoms with E-state index in [-0.39, 0.29) is 35.7 Å². The Hall–Kier alpha value is -4.80. The van der Waals surface area contributed by atoms with Crippen LogP contribution < -0.4 is 0 Å². The number of non-ortho nitro benzene ring substituents is 1. The van der Waals surface area contributed by atoms with Crippen LogP contribution in [0, 0.1) is 24.0 Å². The normalized spacial score (nSPS) is 16.7. The zero-order valence-electron chi connectivity index (χ0n) is 20.3. The molecule has 190 valence electrons. The monoisotopic (exact) mass is 504 g/mol. The molecule has 0 saturated carbocycles. The highest BCUT2D eigenvalue weighted by Crippen LogP contribution is 2.42. The maximum absolute atomic E-state index is 13.3. The van der Waals surface area contributed by atoms with Gasteiger partial charge in [0.2, 0.25) is 0 Å².